The number of hydrogen-bond acceptors (Lipinski definition) is 2. The number of carboxylic acid groups (broad SMARTS) is 1. The van der Waals surface area contributed by atoms with Crippen LogP contribution in [0.15, 0.2) is 48.5 Å². The molecule has 0 aliphatic heterocycles. The smallest absolute Gasteiger partial charge is 0.341 e. The number of benzene rings is 2. The zero-order valence-corrected chi connectivity index (χ0v) is 11.7. The second-order valence-corrected chi connectivity index (χ2v) is 4.98. The van der Waals surface area contributed by atoms with Gasteiger partial charge in [-0.05, 0) is 34.7 Å². The summed E-state index contributed by atoms with van der Waals surface area (Å²) in [7, 11) is 0. The lowest BCUT2D eigenvalue weighted by Crippen LogP contribution is -2.09. The van der Waals surface area contributed by atoms with Gasteiger partial charge in [-0.15, -0.1) is 0 Å². The molecule has 0 saturated carbocycles. The first-order chi connectivity index (χ1) is 9.56. The van der Waals surface area contributed by atoms with Crippen molar-refractivity contribution >= 4 is 5.97 Å². The van der Waals surface area contributed by atoms with Crippen LogP contribution in [0, 0.1) is 0 Å². The van der Waals surface area contributed by atoms with Crippen molar-refractivity contribution in [3.8, 4) is 16.9 Å². The van der Waals surface area contributed by atoms with Gasteiger partial charge in [0.15, 0.2) is 6.61 Å². The first-order valence-corrected chi connectivity index (χ1v) is 6.61. The second-order valence-electron chi connectivity index (χ2n) is 4.98. The Morgan fingerprint density at radius 3 is 1.95 bits per heavy atom. The third-order valence-corrected chi connectivity index (χ3v) is 3.13. The fourth-order valence-electron chi connectivity index (χ4n) is 1.95. The van der Waals surface area contributed by atoms with Gasteiger partial charge in [-0.2, -0.15) is 0 Å². The molecule has 3 heteroatoms. The molecule has 0 atom stereocenters. The standard InChI is InChI=1S/C17H18O3/c1-12(2)13-3-5-14(6-4-13)15-7-9-16(10-8-15)20-11-17(18)19/h3-10,12H,11H2,1-2H3,(H,18,19). The second kappa shape index (κ2) is 6.24. The van der Waals surface area contributed by atoms with E-state index in [4.69, 9.17) is 9.84 Å². The molecular weight excluding hydrogens is 252 g/mol. The van der Waals surface area contributed by atoms with Crippen molar-refractivity contribution in [1.29, 1.82) is 0 Å². The van der Waals surface area contributed by atoms with E-state index in [1.807, 2.05) is 12.1 Å². The van der Waals surface area contributed by atoms with Crippen LogP contribution in [0.5, 0.6) is 5.75 Å². The lowest BCUT2D eigenvalue weighted by Gasteiger charge is -2.08. The van der Waals surface area contributed by atoms with Gasteiger partial charge in [0.1, 0.15) is 5.75 Å². The highest BCUT2D eigenvalue weighted by molar-refractivity contribution is 5.68. The van der Waals surface area contributed by atoms with E-state index in [-0.39, 0.29) is 6.61 Å². The highest BCUT2D eigenvalue weighted by atomic mass is 16.5. The Morgan fingerprint density at radius 2 is 1.50 bits per heavy atom. The van der Waals surface area contributed by atoms with E-state index in [0.717, 1.165) is 11.1 Å². The minimum atomic E-state index is -0.974. The first-order valence-electron chi connectivity index (χ1n) is 6.61. The summed E-state index contributed by atoms with van der Waals surface area (Å²) in [6.45, 7) is 4.02. The Labute approximate surface area is 118 Å². The van der Waals surface area contributed by atoms with Crippen molar-refractivity contribution in [1.82, 2.24) is 0 Å². The van der Waals surface area contributed by atoms with Crippen molar-refractivity contribution in [2.24, 2.45) is 0 Å². The molecule has 1 N–H and O–H groups in total. The average Bonchev–Trinajstić information content (AvgIpc) is 2.46. The predicted molar refractivity (Wildman–Crippen MR) is 79.1 cm³/mol. The molecular formula is C17H18O3. The predicted octanol–water partition coefficient (Wildman–Crippen LogP) is 3.94. The number of carboxylic acids is 1. The highest BCUT2D eigenvalue weighted by Gasteiger charge is 2.03. The lowest BCUT2D eigenvalue weighted by atomic mass is 9.99. The van der Waals surface area contributed by atoms with Gasteiger partial charge in [0, 0.05) is 0 Å². The first kappa shape index (κ1) is 14.1. The van der Waals surface area contributed by atoms with E-state index in [1.165, 1.54) is 5.56 Å². The largest absolute Gasteiger partial charge is 0.482 e. The van der Waals surface area contributed by atoms with Crippen LogP contribution < -0.4 is 4.74 Å². The molecule has 0 fully saturated rings. The maximum Gasteiger partial charge on any atom is 0.341 e. The van der Waals surface area contributed by atoms with Crippen LogP contribution in [0.25, 0.3) is 11.1 Å². The number of ether oxygens (including phenoxy) is 1. The van der Waals surface area contributed by atoms with Crippen LogP contribution >= 0.6 is 0 Å². The van der Waals surface area contributed by atoms with Gasteiger partial charge >= 0.3 is 5.97 Å². The summed E-state index contributed by atoms with van der Waals surface area (Å²) in [5.74, 6) is 0.115. The minimum absolute atomic E-state index is 0.317. The molecule has 104 valence electrons. The van der Waals surface area contributed by atoms with Gasteiger partial charge in [0.2, 0.25) is 0 Å². The van der Waals surface area contributed by atoms with E-state index in [9.17, 15) is 4.79 Å². The summed E-state index contributed by atoms with van der Waals surface area (Å²) in [6.07, 6.45) is 0. The molecule has 0 radical (unpaired) electrons. The van der Waals surface area contributed by atoms with Gasteiger partial charge < -0.3 is 9.84 Å². The number of hydrogen-bond donors (Lipinski definition) is 1. The van der Waals surface area contributed by atoms with Crippen molar-refractivity contribution in [2.75, 3.05) is 6.61 Å². The van der Waals surface area contributed by atoms with Gasteiger partial charge in [-0.3, -0.25) is 0 Å². The van der Waals surface area contributed by atoms with E-state index in [0.29, 0.717) is 11.7 Å². The average molecular weight is 270 g/mol. The van der Waals surface area contributed by atoms with Crippen molar-refractivity contribution in [2.45, 2.75) is 19.8 Å². The van der Waals surface area contributed by atoms with Crippen LogP contribution in [-0.4, -0.2) is 17.7 Å². The van der Waals surface area contributed by atoms with E-state index >= 15 is 0 Å². The number of aliphatic carboxylic acids is 1. The van der Waals surface area contributed by atoms with E-state index in [2.05, 4.69) is 38.1 Å². The van der Waals surface area contributed by atoms with Crippen LogP contribution in [-0.2, 0) is 4.79 Å². The molecule has 3 nitrogen and oxygen atoms in total. The topological polar surface area (TPSA) is 46.5 Å². The Hall–Kier alpha value is -2.29. The van der Waals surface area contributed by atoms with E-state index in [1.54, 1.807) is 12.1 Å². The molecule has 20 heavy (non-hydrogen) atoms. The molecule has 0 aliphatic carbocycles. The zero-order valence-electron chi connectivity index (χ0n) is 11.7. The molecule has 0 bridgehead atoms. The fourth-order valence-corrected chi connectivity index (χ4v) is 1.95. The Morgan fingerprint density at radius 1 is 1.00 bits per heavy atom. The maximum absolute atomic E-state index is 10.4. The van der Waals surface area contributed by atoms with Crippen LogP contribution in [0.1, 0.15) is 25.3 Å². The number of rotatable bonds is 5. The molecule has 0 aliphatic rings. The zero-order chi connectivity index (χ0) is 14.5. The molecule has 0 unspecified atom stereocenters. The SMILES string of the molecule is CC(C)c1ccc(-c2ccc(OCC(=O)O)cc2)cc1. The Kier molecular flexibility index (Phi) is 4.41. The quantitative estimate of drug-likeness (QED) is 0.895. The third-order valence-electron chi connectivity index (χ3n) is 3.13. The molecule has 2 aromatic rings. The summed E-state index contributed by atoms with van der Waals surface area (Å²) in [6, 6.07) is 15.9. The fraction of sp³-hybridized carbons (Fsp3) is 0.235. The monoisotopic (exact) mass is 270 g/mol. The molecule has 0 aromatic heterocycles. The van der Waals surface area contributed by atoms with Crippen LogP contribution in [0.2, 0.25) is 0 Å². The van der Waals surface area contributed by atoms with Gasteiger partial charge in [-0.1, -0.05) is 50.2 Å². The normalized spacial score (nSPS) is 10.6. The summed E-state index contributed by atoms with van der Waals surface area (Å²) >= 11 is 0. The van der Waals surface area contributed by atoms with Gasteiger partial charge in [0.05, 0.1) is 0 Å². The molecule has 2 rings (SSSR count). The summed E-state index contributed by atoms with van der Waals surface area (Å²) in [5, 5.41) is 8.55. The Balaban J connectivity index is 2.11. The summed E-state index contributed by atoms with van der Waals surface area (Å²) in [4.78, 5) is 10.4. The summed E-state index contributed by atoms with van der Waals surface area (Å²) in [5.41, 5.74) is 3.54. The molecule has 2 aromatic carbocycles. The Bertz CT molecular complexity index is 568. The molecule has 0 amide bonds. The van der Waals surface area contributed by atoms with Gasteiger partial charge in [-0.25, -0.2) is 4.79 Å². The lowest BCUT2D eigenvalue weighted by molar-refractivity contribution is -0.139. The number of carbonyl (C=O) groups is 1. The van der Waals surface area contributed by atoms with E-state index < -0.39 is 5.97 Å². The van der Waals surface area contributed by atoms with Crippen molar-refractivity contribution in [3.63, 3.8) is 0 Å². The van der Waals surface area contributed by atoms with Crippen molar-refractivity contribution < 1.29 is 14.6 Å². The van der Waals surface area contributed by atoms with Crippen molar-refractivity contribution in [3.05, 3.63) is 54.1 Å². The molecule has 0 heterocycles. The minimum Gasteiger partial charge on any atom is -0.482 e. The van der Waals surface area contributed by atoms with Gasteiger partial charge in [0.25, 0.3) is 0 Å². The summed E-state index contributed by atoms with van der Waals surface area (Å²) < 4.78 is 5.11. The molecule has 0 saturated heterocycles. The maximum atomic E-state index is 10.4. The van der Waals surface area contributed by atoms with Crippen LogP contribution in [0.4, 0.5) is 0 Å². The third kappa shape index (κ3) is 3.60. The molecule has 0 spiro atoms. The van der Waals surface area contributed by atoms with Crippen LogP contribution in [0.3, 0.4) is 0 Å². The highest BCUT2D eigenvalue weighted by Crippen LogP contribution is 2.24.